The summed E-state index contributed by atoms with van der Waals surface area (Å²) >= 11 is 5.92. The van der Waals surface area contributed by atoms with Crippen LogP contribution in [0.5, 0.6) is 0 Å². The number of halogens is 1. The summed E-state index contributed by atoms with van der Waals surface area (Å²) < 4.78 is 32.1. The zero-order valence-electron chi connectivity index (χ0n) is 13.1. The lowest BCUT2D eigenvalue weighted by Gasteiger charge is -2.09. The van der Waals surface area contributed by atoms with Crippen LogP contribution < -0.4 is 4.72 Å². The third kappa shape index (κ3) is 4.28. The summed E-state index contributed by atoms with van der Waals surface area (Å²) in [4.78, 5) is 16.6. The number of rotatable bonds is 5. The smallest absolute Gasteiger partial charge is 0.340 e. The number of hydrogen-bond donors (Lipinski definition) is 1. The van der Waals surface area contributed by atoms with Crippen molar-refractivity contribution in [1.82, 2.24) is 9.38 Å². The standard InChI is InChI=1S/C16H14ClN3O4S/c1-25(22,23)19-14-5-3-2-4-13(14)16(21)24-10-12-9-20-8-11(17)6-7-15(20)18-12/h2-9,19H,10H2,1H3. The first-order chi connectivity index (χ1) is 11.8. The highest BCUT2D eigenvalue weighted by molar-refractivity contribution is 7.92. The molecule has 0 aliphatic heterocycles. The van der Waals surface area contributed by atoms with Gasteiger partial charge in [-0.25, -0.2) is 18.2 Å². The van der Waals surface area contributed by atoms with E-state index in [1.54, 1.807) is 41.1 Å². The minimum absolute atomic E-state index is 0.0503. The number of carbonyl (C=O) groups excluding carboxylic acids is 1. The number of pyridine rings is 1. The predicted molar refractivity (Wildman–Crippen MR) is 94.2 cm³/mol. The lowest BCUT2D eigenvalue weighted by Crippen LogP contribution is -2.14. The van der Waals surface area contributed by atoms with Gasteiger partial charge in [0.05, 0.1) is 28.2 Å². The fourth-order valence-electron chi connectivity index (χ4n) is 2.25. The highest BCUT2D eigenvalue weighted by Crippen LogP contribution is 2.18. The van der Waals surface area contributed by atoms with Crippen molar-refractivity contribution in [2.75, 3.05) is 11.0 Å². The van der Waals surface area contributed by atoms with Gasteiger partial charge in [0.25, 0.3) is 0 Å². The molecule has 1 aromatic carbocycles. The largest absolute Gasteiger partial charge is 0.455 e. The number of imidazole rings is 1. The van der Waals surface area contributed by atoms with Crippen LogP contribution in [0.3, 0.4) is 0 Å². The van der Waals surface area contributed by atoms with Gasteiger partial charge in [0.15, 0.2) is 0 Å². The van der Waals surface area contributed by atoms with Crippen LogP contribution >= 0.6 is 11.6 Å². The lowest BCUT2D eigenvalue weighted by atomic mass is 10.2. The number of ether oxygens (including phenoxy) is 1. The number of sulfonamides is 1. The highest BCUT2D eigenvalue weighted by Gasteiger charge is 2.15. The molecule has 0 saturated carbocycles. The van der Waals surface area contributed by atoms with Gasteiger partial charge >= 0.3 is 5.97 Å². The number of esters is 1. The first-order valence-corrected chi connectivity index (χ1v) is 9.46. The normalized spacial score (nSPS) is 11.4. The van der Waals surface area contributed by atoms with Crippen molar-refractivity contribution in [3.63, 3.8) is 0 Å². The Labute approximate surface area is 149 Å². The Morgan fingerprint density at radius 2 is 2.00 bits per heavy atom. The Balaban J connectivity index is 1.76. The predicted octanol–water partition coefficient (Wildman–Crippen LogP) is 2.72. The average Bonchev–Trinajstić information content (AvgIpc) is 2.93. The molecule has 9 heteroatoms. The van der Waals surface area contributed by atoms with E-state index in [4.69, 9.17) is 16.3 Å². The van der Waals surface area contributed by atoms with Crippen LogP contribution in [0.2, 0.25) is 5.02 Å². The third-order valence-electron chi connectivity index (χ3n) is 3.26. The molecule has 0 bridgehead atoms. The zero-order chi connectivity index (χ0) is 18.0. The number of para-hydroxylation sites is 1. The Morgan fingerprint density at radius 1 is 1.24 bits per heavy atom. The first kappa shape index (κ1) is 17.2. The monoisotopic (exact) mass is 379 g/mol. The summed E-state index contributed by atoms with van der Waals surface area (Å²) in [5.74, 6) is -0.651. The molecule has 2 aromatic heterocycles. The number of nitrogens with one attached hydrogen (secondary N) is 1. The Hall–Kier alpha value is -2.58. The molecule has 0 atom stereocenters. The number of carbonyl (C=O) groups is 1. The average molecular weight is 380 g/mol. The first-order valence-electron chi connectivity index (χ1n) is 7.19. The van der Waals surface area contributed by atoms with Gasteiger partial charge in [-0.15, -0.1) is 0 Å². The van der Waals surface area contributed by atoms with Crippen molar-refractivity contribution < 1.29 is 17.9 Å². The second kappa shape index (κ2) is 6.73. The van der Waals surface area contributed by atoms with Gasteiger partial charge in [-0.05, 0) is 24.3 Å². The van der Waals surface area contributed by atoms with Gasteiger partial charge in [0.1, 0.15) is 12.3 Å². The molecule has 2 heterocycles. The Kier molecular flexibility index (Phi) is 4.65. The summed E-state index contributed by atoms with van der Waals surface area (Å²) in [6, 6.07) is 9.68. The molecule has 1 N–H and O–H groups in total. The van der Waals surface area contributed by atoms with Gasteiger partial charge in [0.2, 0.25) is 10.0 Å². The quantitative estimate of drug-likeness (QED) is 0.688. The number of fused-ring (bicyclic) bond motifs is 1. The van der Waals surface area contributed by atoms with E-state index in [1.165, 1.54) is 12.1 Å². The van der Waals surface area contributed by atoms with Crippen molar-refractivity contribution >= 4 is 38.9 Å². The third-order valence-corrected chi connectivity index (χ3v) is 4.07. The van der Waals surface area contributed by atoms with Crippen LogP contribution in [0.1, 0.15) is 16.1 Å². The van der Waals surface area contributed by atoms with Gasteiger partial charge in [-0.3, -0.25) is 4.72 Å². The number of anilines is 1. The molecule has 3 rings (SSSR count). The molecule has 0 unspecified atom stereocenters. The minimum Gasteiger partial charge on any atom is -0.455 e. The van der Waals surface area contributed by atoms with Crippen LogP contribution in [-0.2, 0) is 21.4 Å². The summed E-state index contributed by atoms with van der Waals surface area (Å²) in [5.41, 5.74) is 1.51. The molecule has 0 amide bonds. The summed E-state index contributed by atoms with van der Waals surface area (Å²) in [5, 5.41) is 0.564. The molecule has 130 valence electrons. The number of nitrogens with zero attached hydrogens (tertiary/aromatic N) is 2. The van der Waals surface area contributed by atoms with Gasteiger partial charge in [-0.1, -0.05) is 23.7 Å². The fraction of sp³-hybridized carbons (Fsp3) is 0.125. The molecule has 0 fully saturated rings. The molecular formula is C16H14ClN3O4S. The van der Waals surface area contributed by atoms with Crippen molar-refractivity contribution in [3.8, 4) is 0 Å². The summed E-state index contributed by atoms with van der Waals surface area (Å²) in [7, 11) is -3.51. The molecule has 0 spiro atoms. The number of benzene rings is 1. The van der Waals surface area contributed by atoms with Gasteiger partial charge < -0.3 is 9.14 Å². The molecule has 0 saturated heterocycles. The van der Waals surface area contributed by atoms with E-state index >= 15 is 0 Å². The zero-order valence-corrected chi connectivity index (χ0v) is 14.7. The Bertz CT molecular complexity index is 1050. The van der Waals surface area contributed by atoms with Gasteiger partial charge in [0, 0.05) is 12.4 Å². The van der Waals surface area contributed by atoms with Crippen molar-refractivity contribution in [2.24, 2.45) is 0 Å². The van der Waals surface area contributed by atoms with E-state index < -0.39 is 16.0 Å². The SMILES string of the molecule is CS(=O)(=O)Nc1ccccc1C(=O)OCc1cn2cc(Cl)ccc2n1. The maximum atomic E-state index is 12.3. The molecule has 0 aliphatic rings. The van der Waals surface area contributed by atoms with E-state index in [9.17, 15) is 13.2 Å². The van der Waals surface area contributed by atoms with Gasteiger partial charge in [-0.2, -0.15) is 0 Å². The number of aromatic nitrogens is 2. The van der Waals surface area contributed by atoms with Crippen LogP contribution in [0.15, 0.2) is 48.8 Å². The van der Waals surface area contributed by atoms with E-state index in [1.807, 2.05) is 0 Å². The fourth-order valence-corrected chi connectivity index (χ4v) is 3.00. The minimum atomic E-state index is -3.51. The van der Waals surface area contributed by atoms with Crippen LogP contribution in [0.4, 0.5) is 5.69 Å². The maximum Gasteiger partial charge on any atom is 0.340 e. The number of hydrogen-bond acceptors (Lipinski definition) is 5. The lowest BCUT2D eigenvalue weighted by molar-refractivity contribution is 0.0469. The summed E-state index contributed by atoms with van der Waals surface area (Å²) in [6.45, 7) is -0.0503. The van der Waals surface area contributed by atoms with E-state index in [0.29, 0.717) is 16.4 Å². The molecule has 3 aromatic rings. The van der Waals surface area contributed by atoms with Crippen LogP contribution in [0, 0.1) is 0 Å². The van der Waals surface area contributed by atoms with Crippen LogP contribution in [0.25, 0.3) is 5.65 Å². The molecule has 0 aliphatic carbocycles. The van der Waals surface area contributed by atoms with Crippen molar-refractivity contribution in [2.45, 2.75) is 6.61 Å². The highest BCUT2D eigenvalue weighted by atomic mass is 35.5. The van der Waals surface area contributed by atoms with Crippen molar-refractivity contribution in [1.29, 1.82) is 0 Å². The topological polar surface area (TPSA) is 89.8 Å². The molecule has 0 radical (unpaired) electrons. The Morgan fingerprint density at radius 3 is 2.76 bits per heavy atom. The van der Waals surface area contributed by atoms with E-state index in [0.717, 1.165) is 6.26 Å². The van der Waals surface area contributed by atoms with Crippen molar-refractivity contribution in [3.05, 3.63) is 65.1 Å². The molecule has 7 nitrogen and oxygen atoms in total. The summed E-state index contributed by atoms with van der Waals surface area (Å²) in [6.07, 6.45) is 4.41. The second-order valence-electron chi connectivity index (χ2n) is 5.34. The maximum absolute atomic E-state index is 12.3. The van der Waals surface area contributed by atoms with E-state index in [2.05, 4.69) is 9.71 Å². The van der Waals surface area contributed by atoms with Crippen LogP contribution in [-0.4, -0.2) is 30.0 Å². The van der Waals surface area contributed by atoms with E-state index in [-0.39, 0.29) is 17.9 Å². The molecular weight excluding hydrogens is 366 g/mol. The second-order valence-corrected chi connectivity index (χ2v) is 7.53. The molecule has 25 heavy (non-hydrogen) atoms.